The van der Waals surface area contributed by atoms with Gasteiger partial charge in [-0.15, -0.1) is 0 Å². The molecule has 3 saturated carbocycles. The van der Waals surface area contributed by atoms with Crippen LogP contribution in [0, 0.1) is 23.7 Å². The number of hydrogen-bond acceptors (Lipinski definition) is 13. The standard InChI is InChI=1S/C68H127N2O12P/c1-14-57-68(10,77)61(73)50(6)70(58(71)40-32-21-19-17-15-16-18-20-22-33-41-83(52-34-26-23-27-35-52,53-36-28-24-29-37-53)54-38-30-25-31-39-54)45-46(2)43-66(8,76)63(82-65-60(72)55(69(11)12)42-47(3)79-65)48(4)59(49(5)64(75)81-57)56-44-67(9,78-13)62(74)51(7)80-56/h46-57,59-63,65,72-74,76-77,83H,14-45H2,1-13H3/t46-,47-,48+,49-,50-,51+,55+,56?,57-,59+,60-,61-,62+,63-,65+,66-,67-,68-/m1/s1. The second-order valence-corrected chi connectivity index (χ2v) is 34.7. The minimum absolute atomic E-state index is 0.129. The second kappa shape index (κ2) is 32.6. The molecule has 6 fully saturated rings. The molecule has 0 aromatic heterocycles. The first-order valence-corrected chi connectivity index (χ1v) is 36.9. The number of hydrogen-bond donors (Lipinski definition) is 5. The number of rotatable bonds is 22. The minimum atomic E-state index is -1.96. The zero-order valence-corrected chi connectivity index (χ0v) is 56.0. The molecule has 0 aromatic rings. The van der Waals surface area contributed by atoms with E-state index >= 15 is 0 Å². The van der Waals surface area contributed by atoms with Crippen LogP contribution in [0.3, 0.4) is 0 Å². The van der Waals surface area contributed by atoms with Crippen molar-refractivity contribution in [1.82, 2.24) is 9.80 Å². The van der Waals surface area contributed by atoms with E-state index in [1.165, 1.54) is 103 Å². The quantitative estimate of drug-likeness (QED) is 0.0392. The number of nitrogens with zero attached hydrogens (tertiary/aromatic N) is 2. The predicted molar refractivity (Wildman–Crippen MR) is 336 cm³/mol. The molecule has 6 aliphatic rings. The Morgan fingerprint density at radius 2 is 1.22 bits per heavy atom. The molecule has 18 atom stereocenters. The van der Waals surface area contributed by atoms with Crippen molar-refractivity contribution < 1.29 is 58.8 Å². The van der Waals surface area contributed by atoms with Gasteiger partial charge in [-0.25, -0.2) is 0 Å². The van der Waals surface area contributed by atoms with Crippen LogP contribution in [0.15, 0.2) is 0 Å². The van der Waals surface area contributed by atoms with E-state index in [1.54, 1.807) is 91.3 Å². The van der Waals surface area contributed by atoms with Crippen LogP contribution in [-0.4, -0.2) is 182 Å². The number of ether oxygens (including phenoxy) is 5. The number of carbonyl (C=O) groups is 2. The van der Waals surface area contributed by atoms with Gasteiger partial charge in [0.05, 0.1) is 47.6 Å². The summed E-state index contributed by atoms with van der Waals surface area (Å²) in [6.07, 6.45) is 29.0. The zero-order valence-electron chi connectivity index (χ0n) is 55.0. The summed E-state index contributed by atoms with van der Waals surface area (Å²) < 4.78 is 32.2. The summed E-state index contributed by atoms with van der Waals surface area (Å²) in [5.74, 6) is -3.50. The number of amides is 1. The molecular weight excluding hydrogens is 1070 g/mol. The van der Waals surface area contributed by atoms with Crippen molar-refractivity contribution in [1.29, 1.82) is 0 Å². The van der Waals surface area contributed by atoms with Crippen molar-refractivity contribution in [3.63, 3.8) is 0 Å². The van der Waals surface area contributed by atoms with E-state index in [0.717, 1.165) is 36.2 Å². The van der Waals surface area contributed by atoms with Crippen LogP contribution < -0.4 is 0 Å². The topological polar surface area (TPSA) is 188 Å². The molecule has 3 saturated heterocycles. The molecule has 3 aliphatic heterocycles. The van der Waals surface area contributed by atoms with Crippen molar-refractivity contribution in [2.75, 3.05) is 33.9 Å². The van der Waals surface area contributed by atoms with Crippen LogP contribution in [-0.2, 0) is 33.3 Å². The molecule has 3 aliphatic carbocycles. The third-order valence-corrected chi connectivity index (χ3v) is 30.4. The van der Waals surface area contributed by atoms with Gasteiger partial charge in [-0.1, -0.05) is 27.7 Å². The molecule has 3 heterocycles. The van der Waals surface area contributed by atoms with Gasteiger partial charge < -0.3 is 59.0 Å². The summed E-state index contributed by atoms with van der Waals surface area (Å²) in [6, 6.07) is -1.18. The number of esters is 1. The maximum Gasteiger partial charge on any atom is 0.126 e. The molecule has 1 unspecified atom stereocenters. The fourth-order valence-electron chi connectivity index (χ4n) is 18.2. The molecular formula is C68H127N2O12P. The molecule has 15 heteroatoms. The van der Waals surface area contributed by atoms with Crippen molar-refractivity contribution in [2.24, 2.45) is 23.7 Å². The summed E-state index contributed by atoms with van der Waals surface area (Å²) >= 11 is 0. The Labute approximate surface area is 506 Å². The molecule has 1 amide bonds. The third kappa shape index (κ3) is 17.9. The van der Waals surface area contributed by atoms with Crippen molar-refractivity contribution in [3.8, 4) is 0 Å². The molecule has 5 N–H and O–H groups in total. The first kappa shape index (κ1) is 71.1. The van der Waals surface area contributed by atoms with E-state index in [0.29, 0.717) is 12.8 Å². The number of aliphatic hydroxyl groups excluding tert-OH is 3. The van der Waals surface area contributed by atoms with E-state index in [9.17, 15) is 35.1 Å². The van der Waals surface area contributed by atoms with E-state index < -0.39 is 103 Å². The maximum absolute atomic E-state index is 14.8. The molecule has 14 nitrogen and oxygen atoms in total. The smallest absolute Gasteiger partial charge is 0.126 e. The van der Waals surface area contributed by atoms with Gasteiger partial charge in [0, 0.05) is 32.0 Å². The maximum atomic E-state index is 14.8. The second-order valence-electron chi connectivity index (χ2n) is 29.5. The third-order valence-electron chi connectivity index (χ3n) is 22.9. The number of unbranched alkanes of at least 4 members (excludes halogenated alkanes) is 9. The Balaban J connectivity index is 1.12. The summed E-state index contributed by atoms with van der Waals surface area (Å²) in [5.41, 5.74) is -1.35. The fraction of sp³-hybridized carbons (Fsp3) is 0.971. The Hall–Kier alpha value is -1.03. The van der Waals surface area contributed by atoms with Crippen LogP contribution in [0.2, 0.25) is 0 Å². The molecule has 6 rings (SSSR count). The SMILES string of the molecule is CC[C@H]1OC(=O)[C@H](C)[C@@H](C2C[C@@](C)(OC)[C@@H](O)[C@H](C)O2)[C@H](C)[C@@H](O[C@@H]2O[C@H](C)C[C@H](N(C)C)[C@H]2O)[C@](C)(O)C[C@@H](C)CN(C(=O)CCCCCCCCCCCC[PH](C2CCCCC2)(C2CCCCC2)C2CCCCC2)[C@H](C)[C@@H](O)[C@]1(C)O. The van der Waals surface area contributed by atoms with Gasteiger partial charge in [-0.05, 0) is 86.7 Å². The fourth-order valence-corrected chi connectivity index (χ4v) is 26.7. The number of likely N-dealkylation sites (N-methyl/N-ethyl adjacent to an activating group) is 1. The summed E-state index contributed by atoms with van der Waals surface area (Å²) in [4.78, 5) is 33.1. The Bertz CT molecular complexity index is 1860. The van der Waals surface area contributed by atoms with Crippen molar-refractivity contribution in [3.05, 3.63) is 0 Å². The molecule has 0 aromatic carbocycles. The molecule has 0 radical (unpaired) electrons. The Morgan fingerprint density at radius 3 is 1.71 bits per heavy atom. The van der Waals surface area contributed by atoms with Crippen LogP contribution in [0.25, 0.3) is 0 Å². The van der Waals surface area contributed by atoms with Crippen LogP contribution in [0.4, 0.5) is 0 Å². The molecule has 0 bridgehead atoms. The molecule has 486 valence electrons. The van der Waals surface area contributed by atoms with Gasteiger partial charge in [0.1, 0.15) is 30.0 Å². The van der Waals surface area contributed by atoms with Gasteiger partial charge in [-0.2, -0.15) is 0 Å². The summed E-state index contributed by atoms with van der Waals surface area (Å²) in [5, 5.41) is 61.0. The average molecular weight is 1200 g/mol. The summed E-state index contributed by atoms with van der Waals surface area (Å²) in [6.45, 7) is 18.1. The first-order valence-electron chi connectivity index (χ1n) is 34.5. The average Bonchev–Trinajstić information content (AvgIpc) is 3.71. The van der Waals surface area contributed by atoms with Gasteiger partial charge in [-0.3, -0.25) is 9.59 Å². The molecule has 0 spiro atoms. The largest absolute Gasteiger partial charge is 0.388 e. The van der Waals surface area contributed by atoms with E-state index in [-0.39, 0.29) is 56.2 Å². The monoisotopic (exact) mass is 1190 g/mol. The van der Waals surface area contributed by atoms with Gasteiger partial charge in [0.15, 0.2) is 6.29 Å². The van der Waals surface area contributed by atoms with E-state index in [4.69, 9.17) is 23.7 Å². The van der Waals surface area contributed by atoms with Crippen LogP contribution in [0.5, 0.6) is 0 Å². The van der Waals surface area contributed by atoms with Gasteiger partial charge >= 0.3 is 203 Å². The van der Waals surface area contributed by atoms with E-state index in [1.807, 2.05) is 46.7 Å². The first-order chi connectivity index (χ1) is 39.3. The normalized spacial score (nSPS) is 39.7. The number of cyclic esters (lactones) is 1. The van der Waals surface area contributed by atoms with Gasteiger partial charge in [0.25, 0.3) is 0 Å². The Kier molecular flexibility index (Phi) is 27.9. The van der Waals surface area contributed by atoms with Crippen molar-refractivity contribution in [2.45, 2.75) is 363 Å². The summed E-state index contributed by atoms with van der Waals surface area (Å²) in [7, 11) is 3.96. The zero-order chi connectivity index (χ0) is 60.9. The van der Waals surface area contributed by atoms with Crippen molar-refractivity contribution >= 4 is 19.1 Å². The van der Waals surface area contributed by atoms with E-state index in [2.05, 4.69) is 0 Å². The Morgan fingerprint density at radius 1 is 0.711 bits per heavy atom. The minimum Gasteiger partial charge on any atom is -0.388 e. The molecule has 83 heavy (non-hydrogen) atoms. The van der Waals surface area contributed by atoms with Crippen LogP contribution >= 0.6 is 7.26 Å². The predicted octanol–water partition coefficient (Wildman–Crippen LogP) is 12.1. The number of aliphatic hydroxyl groups is 5. The van der Waals surface area contributed by atoms with Crippen LogP contribution in [0.1, 0.15) is 262 Å². The van der Waals surface area contributed by atoms with Gasteiger partial charge in [0.2, 0.25) is 5.91 Å². The number of carbonyl (C=O) groups excluding carboxylic acids is 2. The number of methoxy groups -OCH3 is 1.